The highest BCUT2D eigenvalue weighted by atomic mass is 16.5. The highest BCUT2D eigenvalue weighted by Gasteiger charge is 2.42. The van der Waals surface area contributed by atoms with E-state index in [0.717, 1.165) is 18.4 Å². The van der Waals surface area contributed by atoms with E-state index in [2.05, 4.69) is 4.90 Å². The van der Waals surface area contributed by atoms with Crippen LogP contribution in [-0.4, -0.2) is 43.7 Å². The molecule has 0 heterocycles. The maximum absolute atomic E-state index is 11.1. The Kier molecular flexibility index (Phi) is 3.82. The topological polar surface area (TPSA) is 55.6 Å². The average molecular weight is 226 g/mol. The Labute approximate surface area is 97.1 Å². The van der Waals surface area contributed by atoms with Crippen LogP contribution in [0, 0.1) is 11.8 Å². The number of primary amides is 1. The average Bonchev–Trinajstić information content (AvgIpc) is 2.85. The first-order valence-corrected chi connectivity index (χ1v) is 6.22. The van der Waals surface area contributed by atoms with E-state index in [1.54, 1.807) is 7.11 Å². The van der Waals surface area contributed by atoms with Gasteiger partial charge in [-0.3, -0.25) is 9.69 Å². The van der Waals surface area contributed by atoms with E-state index < -0.39 is 0 Å². The number of nitrogens with two attached hydrogens (primary N) is 1. The molecule has 0 radical (unpaired) electrons. The molecule has 0 aromatic carbocycles. The minimum Gasteiger partial charge on any atom is -0.383 e. The van der Waals surface area contributed by atoms with Gasteiger partial charge in [-0.15, -0.1) is 0 Å². The summed E-state index contributed by atoms with van der Waals surface area (Å²) in [5, 5.41) is 0. The number of hydrogen-bond acceptors (Lipinski definition) is 3. The third-order valence-corrected chi connectivity index (χ3v) is 4.11. The SMILES string of the molecule is COCCN(CC(N)=O)[C@@H]1C[C@H]2CC[C@H]1C2. The van der Waals surface area contributed by atoms with Crippen molar-refractivity contribution in [2.45, 2.75) is 31.7 Å². The molecule has 0 aliphatic heterocycles. The second-order valence-electron chi connectivity index (χ2n) is 5.17. The van der Waals surface area contributed by atoms with Crippen LogP contribution in [0.1, 0.15) is 25.7 Å². The van der Waals surface area contributed by atoms with Crippen LogP contribution >= 0.6 is 0 Å². The van der Waals surface area contributed by atoms with E-state index in [-0.39, 0.29) is 5.91 Å². The lowest BCUT2D eigenvalue weighted by molar-refractivity contribution is -0.120. The summed E-state index contributed by atoms with van der Waals surface area (Å²) in [6, 6.07) is 0.571. The Morgan fingerprint density at radius 1 is 1.44 bits per heavy atom. The minimum atomic E-state index is -0.223. The molecule has 3 atom stereocenters. The quantitative estimate of drug-likeness (QED) is 0.722. The lowest BCUT2D eigenvalue weighted by Gasteiger charge is -2.33. The van der Waals surface area contributed by atoms with Crippen LogP contribution in [0.4, 0.5) is 0 Å². The standard InChI is InChI=1S/C12H22N2O2/c1-16-5-4-14(8-12(13)15)11-7-9-2-3-10(11)6-9/h9-11H,2-8H2,1H3,(H2,13,15)/t9-,10-,11+/m0/s1. The second kappa shape index (κ2) is 5.15. The van der Waals surface area contributed by atoms with Gasteiger partial charge in [-0.1, -0.05) is 6.42 Å². The highest BCUT2D eigenvalue weighted by molar-refractivity contribution is 5.76. The number of carbonyl (C=O) groups is 1. The van der Waals surface area contributed by atoms with Gasteiger partial charge in [-0.05, 0) is 31.1 Å². The molecule has 0 spiro atoms. The van der Waals surface area contributed by atoms with Crippen molar-refractivity contribution in [3.63, 3.8) is 0 Å². The van der Waals surface area contributed by atoms with Gasteiger partial charge >= 0.3 is 0 Å². The number of amides is 1. The van der Waals surface area contributed by atoms with Crippen molar-refractivity contribution < 1.29 is 9.53 Å². The van der Waals surface area contributed by atoms with E-state index in [4.69, 9.17) is 10.5 Å². The lowest BCUT2D eigenvalue weighted by atomic mass is 9.94. The van der Waals surface area contributed by atoms with Crippen molar-refractivity contribution >= 4 is 5.91 Å². The molecule has 0 aromatic heterocycles. The zero-order chi connectivity index (χ0) is 11.5. The molecule has 2 aliphatic carbocycles. The summed E-state index contributed by atoms with van der Waals surface area (Å²) in [5.41, 5.74) is 5.31. The molecule has 0 aromatic rings. The number of hydrogen-bond donors (Lipinski definition) is 1. The number of nitrogens with zero attached hydrogens (tertiary/aromatic N) is 1. The first-order chi connectivity index (χ1) is 7.70. The summed E-state index contributed by atoms with van der Waals surface area (Å²) >= 11 is 0. The fourth-order valence-electron chi connectivity index (χ4n) is 3.43. The Hall–Kier alpha value is -0.610. The molecule has 2 aliphatic rings. The number of carbonyl (C=O) groups excluding carboxylic acids is 1. The van der Waals surface area contributed by atoms with Gasteiger partial charge in [0.25, 0.3) is 0 Å². The molecule has 2 saturated carbocycles. The molecule has 2 N–H and O–H groups in total. The second-order valence-corrected chi connectivity index (χ2v) is 5.17. The van der Waals surface area contributed by atoms with Crippen LogP contribution in [0.25, 0.3) is 0 Å². The van der Waals surface area contributed by atoms with Crippen molar-refractivity contribution in [3.8, 4) is 0 Å². The summed E-state index contributed by atoms with van der Waals surface area (Å²) in [7, 11) is 1.70. The molecule has 4 nitrogen and oxygen atoms in total. The maximum Gasteiger partial charge on any atom is 0.231 e. The summed E-state index contributed by atoms with van der Waals surface area (Å²) < 4.78 is 5.10. The summed E-state index contributed by atoms with van der Waals surface area (Å²) in [6.07, 6.45) is 5.32. The van der Waals surface area contributed by atoms with Crippen molar-refractivity contribution in [3.05, 3.63) is 0 Å². The molecule has 4 heteroatoms. The van der Waals surface area contributed by atoms with Gasteiger partial charge in [-0.25, -0.2) is 0 Å². The molecule has 2 fully saturated rings. The predicted molar refractivity (Wildman–Crippen MR) is 61.9 cm³/mol. The van der Waals surface area contributed by atoms with E-state index in [0.29, 0.717) is 19.2 Å². The lowest BCUT2D eigenvalue weighted by Crippen LogP contribution is -2.45. The number of ether oxygens (including phenoxy) is 1. The van der Waals surface area contributed by atoms with Crippen LogP contribution in [0.3, 0.4) is 0 Å². The van der Waals surface area contributed by atoms with Crippen LogP contribution in [-0.2, 0) is 9.53 Å². The fourth-order valence-corrected chi connectivity index (χ4v) is 3.43. The zero-order valence-corrected chi connectivity index (χ0v) is 10.0. The minimum absolute atomic E-state index is 0.223. The first-order valence-electron chi connectivity index (χ1n) is 6.22. The van der Waals surface area contributed by atoms with Gasteiger partial charge < -0.3 is 10.5 Å². The smallest absolute Gasteiger partial charge is 0.231 e. The largest absolute Gasteiger partial charge is 0.383 e. The highest BCUT2D eigenvalue weighted by Crippen LogP contribution is 2.46. The normalized spacial score (nSPS) is 32.5. The first kappa shape index (κ1) is 11.9. The monoisotopic (exact) mass is 226 g/mol. The number of rotatable bonds is 6. The van der Waals surface area contributed by atoms with Gasteiger partial charge in [0.2, 0.25) is 5.91 Å². The van der Waals surface area contributed by atoms with Gasteiger partial charge in [0.15, 0.2) is 0 Å². The van der Waals surface area contributed by atoms with E-state index in [1.807, 2.05) is 0 Å². The van der Waals surface area contributed by atoms with Crippen molar-refractivity contribution in [1.29, 1.82) is 0 Å². The van der Waals surface area contributed by atoms with E-state index in [1.165, 1.54) is 25.7 Å². The molecule has 0 unspecified atom stereocenters. The Morgan fingerprint density at radius 2 is 2.25 bits per heavy atom. The molecule has 2 bridgehead atoms. The molecule has 1 amide bonds. The fraction of sp³-hybridized carbons (Fsp3) is 0.917. The van der Waals surface area contributed by atoms with Gasteiger partial charge in [0, 0.05) is 19.7 Å². The maximum atomic E-state index is 11.1. The third kappa shape index (κ3) is 2.55. The van der Waals surface area contributed by atoms with Gasteiger partial charge in [-0.2, -0.15) is 0 Å². The molecule has 2 rings (SSSR count). The van der Waals surface area contributed by atoms with Crippen molar-refractivity contribution in [1.82, 2.24) is 4.90 Å². The van der Waals surface area contributed by atoms with Crippen LogP contribution in [0.2, 0.25) is 0 Å². The molecule has 92 valence electrons. The molecular formula is C12H22N2O2. The van der Waals surface area contributed by atoms with E-state index >= 15 is 0 Å². The van der Waals surface area contributed by atoms with Crippen LogP contribution < -0.4 is 5.73 Å². The summed E-state index contributed by atoms with van der Waals surface area (Å²) in [5.74, 6) is 1.47. The van der Waals surface area contributed by atoms with Crippen LogP contribution in [0.15, 0.2) is 0 Å². The summed E-state index contributed by atoms with van der Waals surface area (Å²) in [6.45, 7) is 1.89. The van der Waals surface area contributed by atoms with Crippen molar-refractivity contribution in [2.75, 3.05) is 26.8 Å². The Balaban J connectivity index is 1.92. The predicted octanol–water partition coefficient (Wildman–Crippen LogP) is 0.609. The number of methoxy groups -OCH3 is 1. The summed E-state index contributed by atoms with van der Waals surface area (Å²) in [4.78, 5) is 13.3. The van der Waals surface area contributed by atoms with Gasteiger partial charge in [0.1, 0.15) is 0 Å². The Morgan fingerprint density at radius 3 is 2.75 bits per heavy atom. The van der Waals surface area contributed by atoms with E-state index in [9.17, 15) is 4.79 Å². The molecule has 16 heavy (non-hydrogen) atoms. The Bertz CT molecular complexity index is 257. The zero-order valence-electron chi connectivity index (χ0n) is 10.0. The third-order valence-electron chi connectivity index (χ3n) is 4.11. The van der Waals surface area contributed by atoms with Crippen LogP contribution in [0.5, 0.6) is 0 Å². The van der Waals surface area contributed by atoms with Crippen molar-refractivity contribution in [2.24, 2.45) is 17.6 Å². The number of fused-ring (bicyclic) bond motifs is 2. The molecular weight excluding hydrogens is 204 g/mol. The molecule has 0 saturated heterocycles. The van der Waals surface area contributed by atoms with Gasteiger partial charge in [0.05, 0.1) is 13.2 Å².